The van der Waals surface area contributed by atoms with Crippen LogP contribution in [0.4, 0.5) is 0 Å². The van der Waals surface area contributed by atoms with Crippen LogP contribution in [0.5, 0.6) is 0 Å². The summed E-state index contributed by atoms with van der Waals surface area (Å²) in [4.78, 5) is 28.8. The average Bonchev–Trinajstić information content (AvgIpc) is 2.86. The third kappa shape index (κ3) is 2.54. The van der Waals surface area contributed by atoms with Crippen LogP contribution in [0.1, 0.15) is 10.5 Å². The fourth-order valence-electron chi connectivity index (χ4n) is 2.35. The Labute approximate surface area is 132 Å². The van der Waals surface area contributed by atoms with Gasteiger partial charge in [0, 0.05) is 45.6 Å². The number of nitrogens with zero attached hydrogens (tertiary/aromatic N) is 5. The molecule has 1 aliphatic rings. The van der Waals surface area contributed by atoms with Crippen LogP contribution < -0.4 is 5.56 Å². The van der Waals surface area contributed by atoms with Crippen molar-refractivity contribution in [3.05, 3.63) is 40.6 Å². The molecular weight excluding hydrogens is 322 g/mol. The SMILES string of the molecule is Cn1ccnc1S(=O)(=O)C1CN(C(=O)c2ccc(=O)n(C)n2)C1. The standard InChI is InChI=1S/C13H15N5O4S/c1-16-6-5-14-13(16)23(21,22)9-7-18(8-9)12(20)10-3-4-11(19)17(2)15-10/h3-6,9H,7-8H2,1-2H3. The van der Waals surface area contributed by atoms with Crippen LogP contribution in [0.3, 0.4) is 0 Å². The molecule has 2 aromatic rings. The largest absolute Gasteiger partial charge is 0.334 e. The van der Waals surface area contributed by atoms with Crippen LogP contribution in [0.25, 0.3) is 0 Å². The van der Waals surface area contributed by atoms with E-state index in [1.807, 2.05) is 0 Å². The minimum atomic E-state index is -3.57. The molecule has 0 bridgehead atoms. The number of hydrogen-bond acceptors (Lipinski definition) is 6. The Morgan fingerprint density at radius 2 is 1.96 bits per heavy atom. The van der Waals surface area contributed by atoms with Crippen molar-refractivity contribution in [3.8, 4) is 0 Å². The first kappa shape index (κ1) is 15.4. The summed E-state index contributed by atoms with van der Waals surface area (Å²) in [5, 5.41) is 3.19. The molecule has 0 radical (unpaired) electrons. The van der Waals surface area contributed by atoms with Crippen LogP contribution in [0.15, 0.2) is 34.5 Å². The number of carbonyl (C=O) groups is 1. The number of sulfone groups is 1. The van der Waals surface area contributed by atoms with E-state index >= 15 is 0 Å². The van der Waals surface area contributed by atoms with Gasteiger partial charge in [-0.2, -0.15) is 5.10 Å². The van der Waals surface area contributed by atoms with E-state index in [0.29, 0.717) is 0 Å². The molecule has 0 aliphatic carbocycles. The van der Waals surface area contributed by atoms with Crippen LogP contribution in [-0.2, 0) is 23.9 Å². The van der Waals surface area contributed by atoms with Crippen molar-refractivity contribution in [2.75, 3.05) is 13.1 Å². The van der Waals surface area contributed by atoms with E-state index in [9.17, 15) is 18.0 Å². The fourth-order valence-corrected chi connectivity index (χ4v) is 4.07. The second-order valence-corrected chi connectivity index (χ2v) is 7.50. The second kappa shape index (κ2) is 5.30. The number of carbonyl (C=O) groups excluding carboxylic acids is 1. The summed E-state index contributed by atoms with van der Waals surface area (Å²) in [6.45, 7) is 0.164. The first-order chi connectivity index (χ1) is 10.8. The number of aryl methyl sites for hydroxylation is 2. The van der Waals surface area contributed by atoms with Gasteiger partial charge in [0.2, 0.25) is 15.0 Å². The molecule has 1 amide bonds. The minimum absolute atomic E-state index is 0.00479. The van der Waals surface area contributed by atoms with E-state index in [2.05, 4.69) is 10.1 Å². The van der Waals surface area contributed by atoms with Crippen molar-refractivity contribution in [1.82, 2.24) is 24.2 Å². The van der Waals surface area contributed by atoms with Crippen molar-refractivity contribution < 1.29 is 13.2 Å². The average molecular weight is 337 g/mol. The molecule has 122 valence electrons. The van der Waals surface area contributed by atoms with Gasteiger partial charge in [0.05, 0.1) is 0 Å². The highest BCUT2D eigenvalue weighted by Gasteiger charge is 2.42. The van der Waals surface area contributed by atoms with Crippen molar-refractivity contribution in [1.29, 1.82) is 0 Å². The Kier molecular flexibility index (Phi) is 3.55. The normalized spacial score (nSPS) is 15.5. The molecule has 3 rings (SSSR count). The molecule has 10 heteroatoms. The van der Waals surface area contributed by atoms with E-state index in [-0.39, 0.29) is 29.5 Å². The van der Waals surface area contributed by atoms with Crippen molar-refractivity contribution >= 4 is 15.7 Å². The molecule has 2 aromatic heterocycles. The lowest BCUT2D eigenvalue weighted by molar-refractivity contribution is 0.0649. The Hall–Kier alpha value is -2.49. The molecule has 0 aromatic carbocycles. The van der Waals surface area contributed by atoms with Crippen LogP contribution in [0, 0.1) is 0 Å². The lowest BCUT2D eigenvalue weighted by atomic mass is 10.2. The minimum Gasteiger partial charge on any atom is -0.334 e. The molecule has 1 saturated heterocycles. The molecule has 1 aliphatic heterocycles. The number of likely N-dealkylation sites (tertiary alicyclic amines) is 1. The van der Waals surface area contributed by atoms with Gasteiger partial charge in [-0.05, 0) is 6.07 Å². The van der Waals surface area contributed by atoms with E-state index in [1.165, 1.54) is 34.8 Å². The monoisotopic (exact) mass is 337 g/mol. The zero-order valence-electron chi connectivity index (χ0n) is 12.6. The van der Waals surface area contributed by atoms with Gasteiger partial charge in [-0.3, -0.25) is 9.59 Å². The Morgan fingerprint density at radius 1 is 1.26 bits per heavy atom. The van der Waals surface area contributed by atoms with Gasteiger partial charge in [0.25, 0.3) is 11.5 Å². The number of aromatic nitrogens is 4. The van der Waals surface area contributed by atoms with Crippen LogP contribution in [0.2, 0.25) is 0 Å². The third-order valence-electron chi connectivity index (χ3n) is 3.79. The maximum absolute atomic E-state index is 12.4. The van der Waals surface area contributed by atoms with E-state index in [1.54, 1.807) is 13.2 Å². The Morgan fingerprint density at radius 3 is 2.52 bits per heavy atom. The highest BCUT2D eigenvalue weighted by molar-refractivity contribution is 7.92. The molecule has 1 fully saturated rings. The summed E-state index contributed by atoms with van der Waals surface area (Å²) in [5.41, 5.74) is -0.208. The lowest BCUT2D eigenvalue weighted by Crippen LogP contribution is -2.57. The third-order valence-corrected chi connectivity index (χ3v) is 5.86. The summed E-state index contributed by atoms with van der Waals surface area (Å²) < 4.78 is 27.3. The van der Waals surface area contributed by atoms with Crippen molar-refractivity contribution in [2.45, 2.75) is 10.4 Å². The molecule has 0 unspecified atom stereocenters. The molecule has 23 heavy (non-hydrogen) atoms. The van der Waals surface area contributed by atoms with Crippen molar-refractivity contribution in [3.63, 3.8) is 0 Å². The zero-order valence-corrected chi connectivity index (χ0v) is 13.4. The molecule has 0 atom stereocenters. The molecule has 0 N–H and O–H groups in total. The van der Waals surface area contributed by atoms with E-state index in [4.69, 9.17) is 0 Å². The summed E-state index contributed by atoms with van der Waals surface area (Å²) in [6, 6.07) is 2.59. The molecule has 3 heterocycles. The van der Waals surface area contributed by atoms with Gasteiger partial charge < -0.3 is 9.47 Å². The Bertz CT molecular complexity index is 924. The van der Waals surface area contributed by atoms with Gasteiger partial charge in [-0.1, -0.05) is 0 Å². The van der Waals surface area contributed by atoms with Crippen molar-refractivity contribution in [2.24, 2.45) is 14.1 Å². The number of rotatable bonds is 3. The first-order valence-electron chi connectivity index (χ1n) is 6.85. The molecule has 0 saturated carbocycles. The fraction of sp³-hybridized carbons (Fsp3) is 0.385. The number of imidazole rings is 1. The Balaban J connectivity index is 1.74. The topological polar surface area (TPSA) is 107 Å². The highest BCUT2D eigenvalue weighted by Crippen LogP contribution is 2.23. The van der Waals surface area contributed by atoms with E-state index < -0.39 is 21.0 Å². The van der Waals surface area contributed by atoms with Crippen LogP contribution in [-0.4, -0.2) is 56.9 Å². The smallest absolute Gasteiger partial charge is 0.274 e. The lowest BCUT2D eigenvalue weighted by Gasteiger charge is -2.37. The van der Waals surface area contributed by atoms with Crippen LogP contribution >= 0.6 is 0 Å². The van der Waals surface area contributed by atoms with Gasteiger partial charge in [-0.25, -0.2) is 18.1 Å². The second-order valence-electron chi connectivity index (χ2n) is 5.38. The summed E-state index contributed by atoms with van der Waals surface area (Å²) >= 11 is 0. The van der Waals surface area contributed by atoms with Gasteiger partial charge in [0.15, 0.2) is 0 Å². The zero-order chi connectivity index (χ0) is 16.8. The predicted molar refractivity (Wildman–Crippen MR) is 79.6 cm³/mol. The molecule has 0 spiro atoms. The molecule has 9 nitrogen and oxygen atoms in total. The first-order valence-corrected chi connectivity index (χ1v) is 8.40. The summed E-state index contributed by atoms with van der Waals surface area (Å²) in [7, 11) is -0.516. The maximum Gasteiger partial charge on any atom is 0.274 e. The highest BCUT2D eigenvalue weighted by atomic mass is 32.2. The molecular formula is C13H15N5O4S. The number of amides is 1. The summed E-state index contributed by atoms with van der Waals surface area (Å²) in [5.74, 6) is -0.396. The number of hydrogen-bond donors (Lipinski definition) is 0. The maximum atomic E-state index is 12.4. The summed E-state index contributed by atoms with van der Waals surface area (Å²) in [6.07, 6.45) is 2.98. The quantitative estimate of drug-likeness (QED) is 0.697. The van der Waals surface area contributed by atoms with Gasteiger partial charge in [-0.15, -0.1) is 0 Å². The van der Waals surface area contributed by atoms with Gasteiger partial charge >= 0.3 is 0 Å². The predicted octanol–water partition coefficient (Wildman–Crippen LogP) is -1.19. The van der Waals surface area contributed by atoms with Gasteiger partial charge in [0.1, 0.15) is 10.9 Å². The van der Waals surface area contributed by atoms with E-state index in [0.717, 1.165) is 4.68 Å².